The fourth-order valence-electron chi connectivity index (χ4n) is 4.75. The van der Waals surface area contributed by atoms with Crippen LogP contribution in [0.15, 0.2) is 83.8 Å². The van der Waals surface area contributed by atoms with Crippen molar-refractivity contribution in [3.05, 3.63) is 95.0 Å². The van der Waals surface area contributed by atoms with E-state index in [1.165, 1.54) is 23.1 Å². The zero-order valence-electron chi connectivity index (χ0n) is 22.2. The summed E-state index contributed by atoms with van der Waals surface area (Å²) in [6.07, 6.45) is 3.97. The third-order valence-corrected chi connectivity index (χ3v) is 9.07. The molecular formula is C30H34ClN3O4S. The third-order valence-electron chi connectivity index (χ3n) is 7.05. The number of halogens is 1. The second-order valence-electron chi connectivity index (χ2n) is 9.98. The van der Waals surface area contributed by atoms with Crippen LogP contribution >= 0.6 is 11.6 Å². The highest BCUT2D eigenvalue weighted by Gasteiger charge is 2.33. The van der Waals surface area contributed by atoms with Gasteiger partial charge in [-0.3, -0.25) is 13.9 Å². The Bertz CT molecular complexity index is 1390. The van der Waals surface area contributed by atoms with Crippen molar-refractivity contribution in [1.29, 1.82) is 0 Å². The molecule has 7 nitrogen and oxygen atoms in total. The van der Waals surface area contributed by atoms with Crippen molar-refractivity contribution in [2.45, 2.75) is 63.1 Å². The number of hydrogen-bond donors (Lipinski definition) is 1. The van der Waals surface area contributed by atoms with Crippen molar-refractivity contribution in [2.24, 2.45) is 0 Å². The van der Waals surface area contributed by atoms with Crippen LogP contribution in [0.4, 0.5) is 5.69 Å². The second-order valence-corrected chi connectivity index (χ2v) is 12.3. The molecule has 1 N–H and O–H groups in total. The van der Waals surface area contributed by atoms with E-state index >= 15 is 0 Å². The summed E-state index contributed by atoms with van der Waals surface area (Å²) in [5, 5.41) is 3.41. The SMILES string of the molecule is Cc1ccc(S(=O)(=O)N(CC(=O)N(Cc2ccccc2)C(C)C(=O)NC2CCCC2)c2cccc(Cl)c2)cc1. The molecule has 1 atom stereocenters. The van der Waals surface area contributed by atoms with Gasteiger partial charge in [-0.05, 0) is 62.6 Å². The monoisotopic (exact) mass is 567 g/mol. The largest absolute Gasteiger partial charge is 0.352 e. The summed E-state index contributed by atoms with van der Waals surface area (Å²) in [6, 6.07) is 21.5. The van der Waals surface area contributed by atoms with Crippen molar-refractivity contribution < 1.29 is 18.0 Å². The number of anilines is 1. The smallest absolute Gasteiger partial charge is 0.264 e. The van der Waals surface area contributed by atoms with Gasteiger partial charge >= 0.3 is 0 Å². The number of nitrogens with one attached hydrogen (secondary N) is 1. The number of carbonyl (C=O) groups is 2. The Balaban J connectivity index is 1.67. The number of nitrogens with zero attached hydrogens (tertiary/aromatic N) is 2. The van der Waals surface area contributed by atoms with Crippen LogP contribution in [-0.4, -0.2) is 43.8 Å². The van der Waals surface area contributed by atoms with E-state index in [2.05, 4.69) is 5.32 Å². The van der Waals surface area contributed by atoms with E-state index in [-0.39, 0.29) is 29.1 Å². The molecule has 0 aromatic heterocycles. The molecule has 1 aliphatic carbocycles. The number of aryl methyl sites for hydroxylation is 1. The van der Waals surface area contributed by atoms with Crippen molar-refractivity contribution >= 4 is 39.1 Å². The van der Waals surface area contributed by atoms with Gasteiger partial charge < -0.3 is 10.2 Å². The lowest BCUT2D eigenvalue weighted by Gasteiger charge is -2.32. The van der Waals surface area contributed by atoms with Gasteiger partial charge in [-0.1, -0.05) is 78.5 Å². The third kappa shape index (κ3) is 7.19. The lowest BCUT2D eigenvalue weighted by molar-refractivity contribution is -0.139. The van der Waals surface area contributed by atoms with E-state index in [4.69, 9.17) is 11.6 Å². The molecule has 0 spiro atoms. The minimum absolute atomic E-state index is 0.0579. The first-order chi connectivity index (χ1) is 18.6. The molecule has 0 saturated heterocycles. The molecule has 3 aromatic carbocycles. The van der Waals surface area contributed by atoms with Gasteiger partial charge in [0.1, 0.15) is 12.6 Å². The highest BCUT2D eigenvalue weighted by molar-refractivity contribution is 7.92. The standard InChI is InChI=1S/C30H34ClN3O4S/c1-22-15-17-28(18-16-22)39(37,38)34(27-14-8-11-25(31)19-27)21-29(35)33(20-24-9-4-3-5-10-24)23(2)30(36)32-26-12-6-7-13-26/h3-5,8-11,14-19,23,26H,6-7,12-13,20-21H2,1-2H3,(H,32,36). The van der Waals surface area contributed by atoms with Gasteiger partial charge in [0.15, 0.2) is 0 Å². The van der Waals surface area contributed by atoms with Crippen LogP contribution in [0.2, 0.25) is 5.02 Å². The summed E-state index contributed by atoms with van der Waals surface area (Å²) in [5.41, 5.74) is 2.01. The Labute approximate surface area is 235 Å². The summed E-state index contributed by atoms with van der Waals surface area (Å²) in [5.74, 6) is -0.745. The van der Waals surface area contributed by atoms with Crippen LogP contribution in [0.1, 0.15) is 43.7 Å². The van der Waals surface area contributed by atoms with Crippen LogP contribution in [0.25, 0.3) is 0 Å². The van der Waals surface area contributed by atoms with Crippen LogP contribution in [0.5, 0.6) is 0 Å². The highest BCUT2D eigenvalue weighted by atomic mass is 35.5. The molecule has 206 valence electrons. The van der Waals surface area contributed by atoms with Gasteiger partial charge in [-0.15, -0.1) is 0 Å². The molecule has 2 amide bonds. The fourth-order valence-corrected chi connectivity index (χ4v) is 6.34. The van der Waals surface area contributed by atoms with E-state index in [0.717, 1.165) is 41.1 Å². The molecular weight excluding hydrogens is 534 g/mol. The van der Waals surface area contributed by atoms with Crippen molar-refractivity contribution in [3.63, 3.8) is 0 Å². The number of hydrogen-bond acceptors (Lipinski definition) is 4. The number of benzene rings is 3. The molecule has 0 heterocycles. The van der Waals surface area contributed by atoms with E-state index in [9.17, 15) is 18.0 Å². The van der Waals surface area contributed by atoms with E-state index in [0.29, 0.717) is 5.02 Å². The predicted molar refractivity (Wildman–Crippen MR) is 154 cm³/mol. The minimum atomic E-state index is -4.13. The zero-order chi connectivity index (χ0) is 28.0. The lowest BCUT2D eigenvalue weighted by atomic mass is 10.1. The van der Waals surface area contributed by atoms with E-state index in [1.807, 2.05) is 37.3 Å². The van der Waals surface area contributed by atoms with Gasteiger partial charge in [0.2, 0.25) is 11.8 Å². The topological polar surface area (TPSA) is 86.8 Å². The fraction of sp³-hybridized carbons (Fsp3) is 0.333. The number of amides is 2. The Morgan fingerprint density at radius 3 is 2.28 bits per heavy atom. The van der Waals surface area contributed by atoms with Crippen molar-refractivity contribution in [3.8, 4) is 0 Å². The Kier molecular flexibility index (Phi) is 9.30. The number of carbonyl (C=O) groups excluding carboxylic acids is 2. The van der Waals surface area contributed by atoms with E-state index < -0.39 is 28.5 Å². The van der Waals surface area contributed by atoms with Crippen LogP contribution < -0.4 is 9.62 Å². The first-order valence-electron chi connectivity index (χ1n) is 13.1. The lowest BCUT2D eigenvalue weighted by Crippen LogP contribution is -2.52. The van der Waals surface area contributed by atoms with Crippen LogP contribution in [0, 0.1) is 6.92 Å². The molecule has 0 aliphatic heterocycles. The molecule has 39 heavy (non-hydrogen) atoms. The maximum Gasteiger partial charge on any atom is 0.264 e. The summed E-state index contributed by atoms with van der Waals surface area (Å²) < 4.78 is 28.7. The maximum absolute atomic E-state index is 13.9. The Hall–Kier alpha value is -3.36. The first-order valence-corrected chi connectivity index (χ1v) is 15.0. The van der Waals surface area contributed by atoms with Crippen LogP contribution in [-0.2, 0) is 26.2 Å². The predicted octanol–water partition coefficient (Wildman–Crippen LogP) is 5.32. The first kappa shape index (κ1) is 28.6. The highest BCUT2D eigenvalue weighted by Crippen LogP contribution is 2.27. The summed E-state index contributed by atoms with van der Waals surface area (Å²) in [4.78, 5) is 28.7. The molecule has 1 unspecified atom stereocenters. The van der Waals surface area contributed by atoms with Gasteiger partial charge in [0, 0.05) is 17.6 Å². The summed E-state index contributed by atoms with van der Waals surface area (Å²) in [7, 11) is -4.13. The molecule has 1 aliphatic rings. The molecule has 3 aromatic rings. The van der Waals surface area contributed by atoms with Gasteiger partial charge in [-0.25, -0.2) is 8.42 Å². The molecule has 0 radical (unpaired) electrons. The van der Waals surface area contributed by atoms with E-state index in [1.54, 1.807) is 37.3 Å². The van der Waals surface area contributed by atoms with Crippen molar-refractivity contribution in [2.75, 3.05) is 10.8 Å². The Morgan fingerprint density at radius 2 is 1.64 bits per heavy atom. The molecule has 1 fully saturated rings. The molecule has 0 bridgehead atoms. The Morgan fingerprint density at radius 1 is 0.974 bits per heavy atom. The van der Waals surface area contributed by atoms with Crippen LogP contribution in [0.3, 0.4) is 0 Å². The quantitative estimate of drug-likeness (QED) is 0.359. The van der Waals surface area contributed by atoms with Gasteiger partial charge in [0.05, 0.1) is 10.6 Å². The zero-order valence-corrected chi connectivity index (χ0v) is 23.8. The normalized spacial score (nSPS) is 14.5. The second kappa shape index (κ2) is 12.7. The average Bonchev–Trinajstić information content (AvgIpc) is 3.43. The maximum atomic E-state index is 13.9. The molecule has 4 rings (SSSR count). The van der Waals surface area contributed by atoms with Gasteiger partial charge in [-0.2, -0.15) is 0 Å². The summed E-state index contributed by atoms with van der Waals surface area (Å²) >= 11 is 6.22. The molecule has 9 heteroatoms. The van der Waals surface area contributed by atoms with Gasteiger partial charge in [0.25, 0.3) is 10.0 Å². The number of sulfonamides is 1. The summed E-state index contributed by atoms with van der Waals surface area (Å²) in [6.45, 7) is 3.22. The minimum Gasteiger partial charge on any atom is -0.352 e. The molecule has 1 saturated carbocycles. The van der Waals surface area contributed by atoms with Crippen molar-refractivity contribution in [1.82, 2.24) is 10.2 Å². The average molecular weight is 568 g/mol. The number of rotatable bonds is 10.